The zero-order valence-corrected chi connectivity index (χ0v) is 16.2. The maximum Gasteiger partial charge on any atom is 0.416 e. The molecule has 9 heteroatoms. The molecule has 2 aliphatic heterocycles. The summed E-state index contributed by atoms with van der Waals surface area (Å²) in [5.41, 5.74) is 0.398. The Kier molecular flexibility index (Phi) is 5.01. The van der Waals surface area contributed by atoms with Gasteiger partial charge in [0.05, 0.1) is 23.5 Å². The Bertz CT molecular complexity index is 1010. The first-order valence-corrected chi connectivity index (χ1v) is 9.46. The summed E-state index contributed by atoms with van der Waals surface area (Å²) in [6.45, 7) is 3.50. The summed E-state index contributed by atoms with van der Waals surface area (Å²) in [4.78, 5) is 29.5. The summed E-state index contributed by atoms with van der Waals surface area (Å²) < 4.78 is 53.3. The normalized spacial score (nSPS) is 17.6. The molecule has 0 N–H and O–H groups in total. The first kappa shape index (κ1) is 20.3. The topological polar surface area (TPSA) is 43.9 Å². The second kappa shape index (κ2) is 7.39. The van der Waals surface area contributed by atoms with Crippen LogP contribution in [0.3, 0.4) is 0 Å². The lowest BCUT2D eigenvalue weighted by Gasteiger charge is -2.37. The predicted octanol–water partition coefficient (Wildman–Crippen LogP) is 3.46. The van der Waals surface area contributed by atoms with Crippen molar-refractivity contribution < 1.29 is 27.2 Å². The maximum atomic E-state index is 14.5. The van der Waals surface area contributed by atoms with Crippen molar-refractivity contribution in [2.24, 2.45) is 0 Å². The number of ketones is 1. The third-order valence-electron chi connectivity index (χ3n) is 5.41. The Hall–Kier alpha value is -2.94. The van der Waals surface area contributed by atoms with Gasteiger partial charge in [-0.2, -0.15) is 13.2 Å². The Morgan fingerprint density at radius 1 is 1.00 bits per heavy atom. The van der Waals surface area contributed by atoms with Gasteiger partial charge in [-0.05, 0) is 42.8 Å². The standard InChI is InChI=1S/C21H19F4N3O2/c1-13-9-16-18(17(22)10-13)28(20(30)19(16)29)12-26-5-7-27(8-6-26)15-4-2-3-14(11-15)21(23,24)25/h2-4,9-11H,5-8,12H2,1H3. The van der Waals surface area contributed by atoms with Crippen molar-refractivity contribution in [3.05, 3.63) is 58.9 Å². The minimum absolute atomic E-state index is 0.00379. The zero-order chi connectivity index (χ0) is 21.6. The summed E-state index contributed by atoms with van der Waals surface area (Å²) in [6, 6.07) is 7.94. The van der Waals surface area contributed by atoms with Gasteiger partial charge >= 0.3 is 12.1 Å². The second-order valence-corrected chi connectivity index (χ2v) is 7.50. The largest absolute Gasteiger partial charge is 0.416 e. The molecule has 0 atom stereocenters. The van der Waals surface area contributed by atoms with E-state index >= 15 is 0 Å². The third kappa shape index (κ3) is 3.65. The second-order valence-electron chi connectivity index (χ2n) is 7.50. The van der Waals surface area contributed by atoms with E-state index in [0.717, 1.165) is 17.0 Å². The molecule has 5 nitrogen and oxygen atoms in total. The van der Waals surface area contributed by atoms with E-state index in [1.165, 1.54) is 18.2 Å². The van der Waals surface area contributed by atoms with E-state index < -0.39 is 29.2 Å². The molecule has 1 saturated heterocycles. The molecule has 1 fully saturated rings. The number of alkyl halides is 3. The maximum absolute atomic E-state index is 14.5. The molecule has 0 aromatic heterocycles. The Morgan fingerprint density at radius 3 is 2.37 bits per heavy atom. The van der Waals surface area contributed by atoms with E-state index in [2.05, 4.69) is 0 Å². The van der Waals surface area contributed by atoms with Crippen LogP contribution < -0.4 is 9.80 Å². The summed E-state index contributed by atoms with van der Waals surface area (Å²) in [5.74, 6) is -2.11. The van der Waals surface area contributed by atoms with E-state index in [-0.39, 0.29) is 17.9 Å². The molecule has 1 amide bonds. The molecule has 2 aromatic rings. The Labute approximate surface area is 170 Å². The van der Waals surface area contributed by atoms with Crippen molar-refractivity contribution >= 4 is 23.1 Å². The molecule has 2 aromatic carbocycles. The van der Waals surface area contributed by atoms with E-state index in [4.69, 9.17) is 0 Å². The fourth-order valence-corrected chi connectivity index (χ4v) is 3.88. The van der Waals surface area contributed by atoms with Gasteiger partial charge in [-0.3, -0.25) is 19.4 Å². The number of hydrogen-bond acceptors (Lipinski definition) is 4. The van der Waals surface area contributed by atoms with Crippen molar-refractivity contribution in [3.63, 3.8) is 0 Å². The number of halogens is 4. The Morgan fingerprint density at radius 2 is 1.70 bits per heavy atom. The van der Waals surface area contributed by atoms with Crippen molar-refractivity contribution in [1.82, 2.24) is 4.90 Å². The zero-order valence-electron chi connectivity index (χ0n) is 16.2. The van der Waals surface area contributed by atoms with Gasteiger partial charge < -0.3 is 4.90 Å². The van der Waals surface area contributed by atoms with E-state index in [0.29, 0.717) is 37.4 Å². The van der Waals surface area contributed by atoms with Gasteiger partial charge in [0.15, 0.2) is 0 Å². The van der Waals surface area contributed by atoms with Crippen LogP contribution in [0.1, 0.15) is 21.5 Å². The first-order chi connectivity index (χ1) is 14.1. The molecule has 0 saturated carbocycles. The van der Waals surface area contributed by atoms with Gasteiger partial charge in [-0.1, -0.05) is 6.07 Å². The van der Waals surface area contributed by atoms with Crippen LogP contribution >= 0.6 is 0 Å². The molecule has 2 heterocycles. The molecular formula is C21H19F4N3O2. The van der Waals surface area contributed by atoms with Gasteiger partial charge in [0.25, 0.3) is 5.78 Å². The van der Waals surface area contributed by atoms with Crippen molar-refractivity contribution in [1.29, 1.82) is 0 Å². The average molecular weight is 421 g/mol. The number of aryl methyl sites for hydroxylation is 1. The van der Waals surface area contributed by atoms with Gasteiger partial charge in [-0.25, -0.2) is 4.39 Å². The number of anilines is 2. The molecule has 2 aliphatic rings. The van der Waals surface area contributed by atoms with Crippen molar-refractivity contribution in [2.45, 2.75) is 13.1 Å². The molecule has 158 valence electrons. The molecule has 0 spiro atoms. The monoisotopic (exact) mass is 421 g/mol. The third-order valence-corrected chi connectivity index (χ3v) is 5.41. The number of hydrogen-bond donors (Lipinski definition) is 0. The van der Waals surface area contributed by atoms with Crippen LogP contribution in [-0.2, 0) is 11.0 Å². The lowest BCUT2D eigenvalue weighted by Crippen LogP contribution is -2.51. The number of rotatable bonds is 3. The van der Waals surface area contributed by atoms with Crippen LogP contribution in [0.5, 0.6) is 0 Å². The van der Waals surface area contributed by atoms with Gasteiger partial charge in [0.2, 0.25) is 0 Å². The fraction of sp³-hybridized carbons (Fsp3) is 0.333. The lowest BCUT2D eigenvalue weighted by molar-refractivity contribution is -0.137. The van der Waals surface area contributed by atoms with Crippen LogP contribution in [0.2, 0.25) is 0 Å². The molecule has 30 heavy (non-hydrogen) atoms. The number of nitrogens with zero attached hydrogens (tertiary/aromatic N) is 3. The minimum Gasteiger partial charge on any atom is -0.369 e. The van der Waals surface area contributed by atoms with Crippen LogP contribution in [-0.4, -0.2) is 49.4 Å². The van der Waals surface area contributed by atoms with Crippen molar-refractivity contribution in [3.8, 4) is 0 Å². The van der Waals surface area contributed by atoms with E-state index in [1.807, 2.05) is 9.80 Å². The smallest absolute Gasteiger partial charge is 0.369 e. The predicted molar refractivity (Wildman–Crippen MR) is 103 cm³/mol. The Balaban J connectivity index is 1.45. The van der Waals surface area contributed by atoms with Crippen LogP contribution in [0, 0.1) is 12.7 Å². The van der Waals surface area contributed by atoms with Crippen LogP contribution in [0.15, 0.2) is 36.4 Å². The molecule has 0 radical (unpaired) electrons. The minimum atomic E-state index is -4.41. The van der Waals surface area contributed by atoms with Crippen LogP contribution in [0.25, 0.3) is 0 Å². The summed E-state index contributed by atoms with van der Waals surface area (Å²) in [6.07, 6.45) is -4.41. The van der Waals surface area contributed by atoms with E-state index in [1.54, 1.807) is 13.0 Å². The van der Waals surface area contributed by atoms with Gasteiger partial charge in [-0.15, -0.1) is 0 Å². The van der Waals surface area contributed by atoms with Crippen molar-refractivity contribution in [2.75, 3.05) is 42.6 Å². The molecule has 0 unspecified atom stereocenters. The first-order valence-electron chi connectivity index (χ1n) is 9.46. The number of carbonyl (C=O) groups is 2. The number of carbonyl (C=O) groups excluding carboxylic acids is 2. The number of Topliss-reactive ketones (excluding diaryl/α,β-unsaturated/α-hetero) is 1. The number of fused-ring (bicyclic) bond motifs is 1. The van der Waals surface area contributed by atoms with Gasteiger partial charge in [0, 0.05) is 31.9 Å². The summed E-state index contributed by atoms with van der Waals surface area (Å²) in [7, 11) is 0. The quantitative estimate of drug-likeness (QED) is 0.563. The highest BCUT2D eigenvalue weighted by Crippen LogP contribution is 2.34. The summed E-state index contributed by atoms with van der Waals surface area (Å²) in [5, 5.41) is 0. The molecule has 4 rings (SSSR count). The lowest BCUT2D eigenvalue weighted by atomic mass is 10.1. The fourth-order valence-electron chi connectivity index (χ4n) is 3.88. The molecule has 0 aliphatic carbocycles. The average Bonchev–Trinajstić information content (AvgIpc) is 2.93. The molecular weight excluding hydrogens is 402 g/mol. The highest BCUT2D eigenvalue weighted by atomic mass is 19.4. The SMILES string of the molecule is Cc1cc(F)c2c(c1)C(=O)C(=O)N2CN1CCN(c2cccc(C(F)(F)F)c2)CC1. The van der Waals surface area contributed by atoms with E-state index in [9.17, 15) is 27.2 Å². The highest BCUT2D eigenvalue weighted by Gasteiger charge is 2.39. The number of amides is 1. The molecule has 0 bridgehead atoms. The van der Waals surface area contributed by atoms with Crippen LogP contribution in [0.4, 0.5) is 28.9 Å². The highest BCUT2D eigenvalue weighted by molar-refractivity contribution is 6.52. The number of benzene rings is 2. The van der Waals surface area contributed by atoms with Gasteiger partial charge in [0.1, 0.15) is 5.82 Å². The summed E-state index contributed by atoms with van der Waals surface area (Å²) >= 11 is 0. The number of piperazine rings is 1.